The second-order valence-corrected chi connectivity index (χ2v) is 3.73. The van der Waals surface area contributed by atoms with E-state index in [1.165, 1.54) is 5.56 Å². The zero-order valence-electron chi connectivity index (χ0n) is 8.13. The summed E-state index contributed by atoms with van der Waals surface area (Å²) in [6.07, 6.45) is 0.983. The molecule has 0 aliphatic carbocycles. The Kier molecular flexibility index (Phi) is 2.17. The Morgan fingerprint density at radius 2 is 1.79 bits per heavy atom. The van der Waals surface area contributed by atoms with E-state index in [1.54, 1.807) is 4.90 Å². The summed E-state index contributed by atoms with van der Waals surface area (Å²) in [7, 11) is 0. The van der Waals surface area contributed by atoms with Gasteiger partial charge in [0.2, 0.25) is 0 Å². The molecule has 1 saturated heterocycles. The van der Waals surface area contributed by atoms with Crippen molar-refractivity contribution in [2.45, 2.75) is 19.3 Å². The lowest BCUT2D eigenvalue weighted by Crippen LogP contribution is -2.56. The van der Waals surface area contributed by atoms with E-state index in [4.69, 9.17) is 0 Å². The van der Waals surface area contributed by atoms with Crippen molar-refractivity contribution in [1.82, 2.24) is 0 Å². The summed E-state index contributed by atoms with van der Waals surface area (Å²) in [5.74, 6) is -2.48. The maximum absolute atomic E-state index is 12.6. The van der Waals surface area contributed by atoms with Crippen LogP contribution in [0.25, 0.3) is 0 Å². The highest BCUT2D eigenvalue weighted by Gasteiger charge is 2.43. The smallest absolute Gasteiger partial charge is 0.282 e. The third-order valence-corrected chi connectivity index (χ3v) is 2.55. The topological polar surface area (TPSA) is 3.24 Å². The Balaban J connectivity index is 2.05. The first kappa shape index (κ1) is 9.44. The zero-order chi connectivity index (χ0) is 10.2. The van der Waals surface area contributed by atoms with E-state index in [9.17, 15) is 8.78 Å². The molecule has 2 rings (SSSR count). The molecule has 1 heterocycles. The highest BCUT2D eigenvalue weighted by Crippen LogP contribution is 2.31. The van der Waals surface area contributed by atoms with Crippen LogP contribution in [0.4, 0.5) is 14.5 Å². The van der Waals surface area contributed by atoms with Crippen molar-refractivity contribution in [2.75, 3.05) is 18.0 Å². The van der Waals surface area contributed by atoms with Gasteiger partial charge in [0.05, 0.1) is 13.1 Å². The number of benzene rings is 1. The molecule has 0 radical (unpaired) electrons. The number of hydrogen-bond acceptors (Lipinski definition) is 1. The van der Waals surface area contributed by atoms with E-state index in [2.05, 4.69) is 6.92 Å². The number of hydrogen-bond donors (Lipinski definition) is 0. The van der Waals surface area contributed by atoms with Crippen LogP contribution in [0, 0.1) is 0 Å². The number of nitrogens with zero attached hydrogens (tertiary/aromatic N) is 1. The average Bonchev–Trinajstić information content (AvgIpc) is 2.14. The first-order valence-electron chi connectivity index (χ1n) is 4.82. The summed E-state index contributed by atoms with van der Waals surface area (Å²) in [5.41, 5.74) is 2.13. The minimum absolute atomic E-state index is 0.140. The molecule has 1 fully saturated rings. The number of anilines is 1. The molecule has 0 amide bonds. The summed E-state index contributed by atoms with van der Waals surface area (Å²) >= 11 is 0. The fourth-order valence-electron chi connectivity index (χ4n) is 1.64. The van der Waals surface area contributed by atoms with Gasteiger partial charge in [-0.25, -0.2) is 8.78 Å². The molecule has 1 aliphatic rings. The third-order valence-electron chi connectivity index (χ3n) is 2.55. The van der Waals surface area contributed by atoms with Crippen LogP contribution in [-0.2, 0) is 6.42 Å². The molecule has 0 aromatic heterocycles. The van der Waals surface area contributed by atoms with Gasteiger partial charge in [-0.3, -0.25) is 0 Å². The molecular formula is C11H13F2N. The molecule has 0 bridgehead atoms. The Morgan fingerprint density at radius 1 is 1.21 bits per heavy atom. The van der Waals surface area contributed by atoms with Gasteiger partial charge in [0.25, 0.3) is 5.92 Å². The number of aryl methyl sites for hydroxylation is 1. The molecule has 0 unspecified atom stereocenters. The minimum atomic E-state index is -2.48. The van der Waals surface area contributed by atoms with Crippen LogP contribution in [-0.4, -0.2) is 19.0 Å². The molecule has 1 aromatic carbocycles. The summed E-state index contributed by atoms with van der Waals surface area (Å²) in [5, 5.41) is 0. The van der Waals surface area contributed by atoms with Gasteiger partial charge in [-0.2, -0.15) is 0 Å². The minimum Gasteiger partial charge on any atom is -0.359 e. The molecule has 1 aliphatic heterocycles. The fourth-order valence-corrected chi connectivity index (χ4v) is 1.64. The van der Waals surface area contributed by atoms with Crippen molar-refractivity contribution in [3.63, 3.8) is 0 Å². The summed E-state index contributed by atoms with van der Waals surface area (Å²) in [6, 6.07) is 7.81. The molecular weight excluding hydrogens is 184 g/mol. The summed E-state index contributed by atoms with van der Waals surface area (Å²) in [6.45, 7) is 1.80. The number of alkyl halides is 2. The standard InChI is InChI=1S/C11H13F2N/c1-2-9-3-5-10(6-4-9)14-7-11(12,13)8-14/h3-6H,2,7-8H2,1H3. The van der Waals surface area contributed by atoms with E-state index in [1.807, 2.05) is 24.3 Å². The summed E-state index contributed by atoms with van der Waals surface area (Å²) in [4.78, 5) is 1.69. The lowest BCUT2D eigenvalue weighted by Gasteiger charge is -2.40. The van der Waals surface area contributed by atoms with Crippen LogP contribution in [0.3, 0.4) is 0 Å². The Bertz CT molecular complexity index is 311. The second kappa shape index (κ2) is 3.23. The average molecular weight is 197 g/mol. The van der Waals surface area contributed by atoms with Crippen molar-refractivity contribution in [2.24, 2.45) is 0 Å². The number of halogens is 2. The van der Waals surface area contributed by atoms with Gasteiger partial charge in [-0.1, -0.05) is 19.1 Å². The molecule has 1 aromatic rings. The molecule has 1 nitrogen and oxygen atoms in total. The highest BCUT2D eigenvalue weighted by molar-refractivity contribution is 5.50. The van der Waals surface area contributed by atoms with Crippen LogP contribution >= 0.6 is 0 Å². The predicted octanol–water partition coefficient (Wildman–Crippen LogP) is 2.70. The van der Waals surface area contributed by atoms with E-state index >= 15 is 0 Å². The van der Waals surface area contributed by atoms with E-state index in [0.29, 0.717) is 0 Å². The van der Waals surface area contributed by atoms with Gasteiger partial charge in [-0.15, -0.1) is 0 Å². The normalized spacial score (nSPS) is 19.2. The van der Waals surface area contributed by atoms with Crippen LogP contribution in [0.15, 0.2) is 24.3 Å². The van der Waals surface area contributed by atoms with Crippen LogP contribution in [0.5, 0.6) is 0 Å². The monoisotopic (exact) mass is 197 g/mol. The van der Waals surface area contributed by atoms with Crippen molar-refractivity contribution >= 4 is 5.69 Å². The molecule has 0 N–H and O–H groups in total. The quantitative estimate of drug-likeness (QED) is 0.704. The van der Waals surface area contributed by atoms with E-state index in [0.717, 1.165) is 12.1 Å². The maximum atomic E-state index is 12.6. The van der Waals surface area contributed by atoms with Gasteiger partial charge < -0.3 is 4.90 Å². The summed E-state index contributed by atoms with van der Waals surface area (Å²) < 4.78 is 25.2. The predicted molar refractivity (Wildman–Crippen MR) is 53.0 cm³/mol. The van der Waals surface area contributed by atoms with Gasteiger partial charge in [0, 0.05) is 5.69 Å². The first-order valence-corrected chi connectivity index (χ1v) is 4.82. The van der Waals surface area contributed by atoms with Gasteiger partial charge in [0.1, 0.15) is 0 Å². The third kappa shape index (κ3) is 1.72. The van der Waals surface area contributed by atoms with Crippen molar-refractivity contribution in [1.29, 1.82) is 0 Å². The van der Waals surface area contributed by atoms with Crippen LogP contribution in [0.1, 0.15) is 12.5 Å². The first-order chi connectivity index (χ1) is 6.61. The van der Waals surface area contributed by atoms with Gasteiger partial charge in [0.15, 0.2) is 0 Å². The SMILES string of the molecule is CCc1ccc(N2CC(F)(F)C2)cc1. The Hall–Kier alpha value is -1.12. The molecule has 0 saturated carbocycles. The van der Waals surface area contributed by atoms with Crippen molar-refractivity contribution < 1.29 is 8.78 Å². The molecule has 3 heteroatoms. The largest absolute Gasteiger partial charge is 0.359 e. The van der Waals surface area contributed by atoms with Crippen LogP contribution in [0.2, 0.25) is 0 Å². The maximum Gasteiger partial charge on any atom is 0.282 e. The van der Waals surface area contributed by atoms with Crippen molar-refractivity contribution in [3.05, 3.63) is 29.8 Å². The Labute approximate surface area is 82.3 Å². The van der Waals surface area contributed by atoms with Gasteiger partial charge >= 0.3 is 0 Å². The Morgan fingerprint density at radius 3 is 2.21 bits per heavy atom. The van der Waals surface area contributed by atoms with E-state index in [-0.39, 0.29) is 13.1 Å². The highest BCUT2D eigenvalue weighted by atomic mass is 19.3. The van der Waals surface area contributed by atoms with Crippen molar-refractivity contribution in [3.8, 4) is 0 Å². The van der Waals surface area contributed by atoms with Crippen LogP contribution < -0.4 is 4.90 Å². The second-order valence-electron chi connectivity index (χ2n) is 3.73. The van der Waals surface area contributed by atoms with E-state index < -0.39 is 5.92 Å². The molecule has 14 heavy (non-hydrogen) atoms. The number of rotatable bonds is 2. The molecule has 76 valence electrons. The molecule has 0 atom stereocenters. The lowest BCUT2D eigenvalue weighted by atomic mass is 10.1. The fraction of sp³-hybridized carbons (Fsp3) is 0.455. The molecule has 0 spiro atoms. The zero-order valence-corrected chi connectivity index (χ0v) is 8.13. The van der Waals surface area contributed by atoms with Gasteiger partial charge in [-0.05, 0) is 24.1 Å². The lowest BCUT2D eigenvalue weighted by molar-refractivity contribution is -0.0262.